The van der Waals surface area contributed by atoms with Gasteiger partial charge in [-0.25, -0.2) is 13.6 Å². The van der Waals surface area contributed by atoms with E-state index in [4.69, 9.17) is 14.3 Å². The second-order valence-corrected chi connectivity index (χ2v) is 9.62. The van der Waals surface area contributed by atoms with Crippen LogP contribution in [0, 0.1) is 0 Å². The Hall–Kier alpha value is -3.80. The summed E-state index contributed by atoms with van der Waals surface area (Å²) in [4.78, 5) is 17.7. The van der Waals surface area contributed by atoms with Crippen LogP contribution >= 0.6 is 11.3 Å². The topological polar surface area (TPSA) is 130 Å². The maximum atomic E-state index is 12.8. The van der Waals surface area contributed by atoms with Crippen LogP contribution in [0.5, 0.6) is 5.75 Å². The maximum absolute atomic E-state index is 12.8. The Kier molecular flexibility index (Phi) is 5.08. The number of thiazole rings is 1. The highest BCUT2D eigenvalue weighted by molar-refractivity contribution is 7.89. The summed E-state index contributed by atoms with van der Waals surface area (Å²) < 4.78 is 35.5. The predicted octanol–water partition coefficient (Wildman–Crippen LogP) is 2.28. The number of fused-ring (bicyclic) bond motifs is 1. The molecule has 0 spiro atoms. The third kappa shape index (κ3) is 4.04. The molecule has 5 aromatic rings. The fraction of sp³-hybridized carbons (Fsp3) is 0.0455. The Labute approximate surface area is 191 Å². The lowest BCUT2D eigenvalue weighted by atomic mass is 10.2. The molecule has 0 unspecified atom stereocenters. The Bertz CT molecular complexity index is 1680. The van der Waals surface area contributed by atoms with E-state index >= 15 is 0 Å². The van der Waals surface area contributed by atoms with Crippen molar-refractivity contribution in [1.82, 2.24) is 14.6 Å². The molecular weight excluding hydrogens is 464 g/mol. The second-order valence-electron chi connectivity index (χ2n) is 7.05. The second kappa shape index (κ2) is 7.96. The monoisotopic (exact) mass is 480 g/mol. The van der Waals surface area contributed by atoms with E-state index in [1.54, 1.807) is 49.6 Å². The molecule has 0 aliphatic heterocycles. The number of rotatable bonds is 5. The minimum Gasteiger partial charge on any atom is -0.497 e. The summed E-state index contributed by atoms with van der Waals surface area (Å²) in [7, 11) is -2.17. The molecule has 0 fully saturated rings. The predicted molar refractivity (Wildman–Crippen MR) is 123 cm³/mol. The fourth-order valence-electron chi connectivity index (χ4n) is 3.22. The van der Waals surface area contributed by atoms with Crippen molar-refractivity contribution < 1.29 is 17.6 Å². The van der Waals surface area contributed by atoms with Gasteiger partial charge in [-0.2, -0.15) is 9.50 Å². The average molecular weight is 481 g/mol. The van der Waals surface area contributed by atoms with Crippen molar-refractivity contribution in [3.05, 3.63) is 81.3 Å². The zero-order valence-electron chi connectivity index (χ0n) is 17.1. The molecule has 3 aromatic heterocycles. The van der Waals surface area contributed by atoms with Gasteiger partial charge in [0, 0.05) is 17.2 Å². The molecule has 11 heteroatoms. The van der Waals surface area contributed by atoms with Crippen molar-refractivity contribution in [2.75, 3.05) is 7.11 Å². The quantitative estimate of drug-likeness (QED) is 0.408. The molecule has 0 radical (unpaired) electrons. The number of hydrogen-bond acceptors (Lipinski definition) is 8. The Morgan fingerprint density at radius 2 is 1.73 bits per heavy atom. The zero-order valence-corrected chi connectivity index (χ0v) is 18.8. The number of nitrogens with two attached hydrogens (primary N) is 1. The Balaban J connectivity index is 1.45. The molecule has 33 heavy (non-hydrogen) atoms. The first kappa shape index (κ1) is 21.1. The minimum absolute atomic E-state index is 0.0176. The largest absolute Gasteiger partial charge is 0.497 e. The number of hydrogen-bond donors (Lipinski definition) is 1. The van der Waals surface area contributed by atoms with Crippen molar-refractivity contribution in [3.63, 3.8) is 0 Å². The molecule has 0 aliphatic rings. The van der Waals surface area contributed by atoms with E-state index < -0.39 is 10.0 Å². The van der Waals surface area contributed by atoms with Crippen molar-refractivity contribution in [2.24, 2.45) is 5.14 Å². The van der Waals surface area contributed by atoms with Gasteiger partial charge in [0.05, 0.1) is 12.0 Å². The molecule has 0 saturated heterocycles. The lowest BCUT2D eigenvalue weighted by Gasteiger charge is -2.00. The van der Waals surface area contributed by atoms with E-state index in [2.05, 4.69) is 10.1 Å². The lowest BCUT2D eigenvalue weighted by Crippen LogP contribution is -2.23. The summed E-state index contributed by atoms with van der Waals surface area (Å²) in [6.45, 7) is 0. The molecule has 5 rings (SSSR count). The molecule has 166 valence electrons. The number of primary sulfonamides is 1. The summed E-state index contributed by atoms with van der Waals surface area (Å²) in [6, 6.07) is 16.8. The fourth-order valence-corrected chi connectivity index (χ4v) is 4.62. The van der Waals surface area contributed by atoms with E-state index in [0.717, 1.165) is 11.3 Å². The number of methoxy groups -OCH3 is 1. The van der Waals surface area contributed by atoms with Crippen molar-refractivity contribution in [3.8, 4) is 28.5 Å². The minimum atomic E-state index is -3.76. The molecule has 0 bridgehead atoms. The van der Waals surface area contributed by atoms with Crippen LogP contribution in [0.1, 0.15) is 5.76 Å². The maximum Gasteiger partial charge on any atom is 0.291 e. The third-order valence-corrected chi connectivity index (χ3v) is 6.79. The first-order valence-electron chi connectivity index (χ1n) is 9.60. The highest BCUT2D eigenvalue weighted by Gasteiger charge is 2.13. The van der Waals surface area contributed by atoms with Gasteiger partial charge in [0.2, 0.25) is 15.0 Å². The Morgan fingerprint density at radius 3 is 2.36 bits per heavy atom. The molecule has 0 atom stereocenters. The number of aromatic nitrogens is 3. The normalized spacial score (nSPS) is 12.5. The van der Waals surface area contributed by atoms with E-state index in [1.165, 1.54) is 28.0 Å². The summed E-state index contributed by atoms with van der Waals surface area (Å²) in [5.41, 5.74) is 1.16. The van der Waals surface area contributed by atoms with Crippen molar-refractivity contribution in [1.29, 1.82) is 0 Å². The summed E-state index contributed by atoms with van der Waals surface area (Å²) in [5, 5.41) is 9.46. The van der Waals surface area contributed by atoms with Crippen LogP contribution in [0.4, 0.5) is 0 Å². The smallest absolute Gasteiger partial charge is 0.291 e. The molecule has 0 saturated carbocycles. The highest BCUT2D eigenvalue weighted by Crippen LogP contribution is 2.24. The number of sulfonamides is 1. The number of nitrogens with zero attached hydrogens (tertiary/aromatic N) is 3. The van der Waals surface area contributed by atoms with Gasteiger partial charge in [0.15, 0.2) is 5.82 Å². The molecule has 2 N–H and O–H groups in total. The van der Waals surface area contributed by atoms with Gasteiger partial charge in [-0.15, -0.1) is 5.10 Å². The van der Waals surface area contributed by atoms with Crippen LogP contribution in [0.15, 0.2) is 74.8 Å². The molecule has 2 aromatic carbocycles. The SMILES string of the molecule is COc1ccc(-c2nc3sc(=Cc4ccc(-c5ccc(S(N)(=O)=O)cc5)o4)c(=O)n3n2)cc1. The van der Waals surface area contributed by atoms with Crippen molar-refractivity contribution in [2.45, 2.75) is 4.90 Å². The van der Waals surface area contributed by atoms with E-state index in [-0.39, 0.29) is 10.5 Å². The molecule has 0 aliphatic carbocycles. The first-order valence-corrected chi connectivity index (χ1v) is 12.0. The van der Waals surface area contributed by atoms with Gasteiger partial charge in [0.25, 0.3) is 5.56 Å². The highest BCUT2D eigenvalue weighted by atomic mass is 32.2. The molecule has 3 heterocycles. The summed E-state index contributed by atoms with van der Waals surface area (Å²) >= 11 is 1.21. The van der Waals surface area contributed by atoms with Crippen LogP contribution in [0.25, 0.3) is 33.7 Å². The van der Waals surface area contributed by atoms with Crippen LogP contribution in [0.2, 0.25) is 0 Å². The third-order valence-electron chi connectivity index (χ3n) is 4.90. The first-order chi connectivity index (χ1) is 15.8. The van der Waals surface area contributed by atoms with E-state index in [9.17, 15) is 13.2 Å². The van der Waals surface area contributed by atoms with Crippen LogP contribution in [0.3, 0.4) is 0 Å². The average Bonchev–Trinajstić information content (AvgIpc) is 3.51. The molecule has 9 nitrogen and oxygen atoms in total. The lowest BCUT2D eigenvalue weighted by molar-refractivity contribution is 0.415. The van der Waals surface area contributed by atoms with Crippen molar-refractivity contribution >= 4 is 32.4 Å². The van der Waals surface area contributed by atoms with E-state index in [1.807, 2.05) is 12.1 Å². The van der Waals surface area contributed by atoms with Gasteiger partial charge in [-0.1, -0.05) is 11.3 Å². The van der Waals surface area contributed by atoms with Gasteiger partial charge in [0.1, 0.15) is 21.8 Å². The van der Waals surface area contributed by atoms with Gasteiger partial charge < -0.3 is 9.15 Å². The molecular formula is C22H16N4O5S2. The van der Waals surface area contributed by atoms with Crippen LogP contribution in [-0.2, 0) is 10.0 Å². The standard InChI is InChI=1S/C22H16N4O5S2/c1-30-15-6-2-14(3-7-15)20-24-22-26(25-20)21(27)19(32-22)12-16-8-11-18(31-16)13-4-9-17(10-5-13)33(23,28)29/h2-12H,1H3,(H2,23,28,29). The molecule has 0 amide bonds. The number of benzene rings is 2. The van der Waals surface area contributed by atoms with Crippen LogP contribution in [-0.4, -0.2) is 30.1 Å². The van der Waals surface area contributed by atoms with E-state index in [0.29, 0.717) is 32.4 Å². The van der Waals surface area contributed by atoms with Gasteiger partial charge >= 0.3 is 0 Å². The number of ether oxygens (including phenoxy) is 1. The summed E-state index contributed by atoms with van der Waals surface area (Å²) in [6.07, 6.45) is 1.62. The van der Waals surface area contributed by atoms with Gasteiger partial charge in [-0.3, -0.25) is 4.79 Å². The van der Waals surface area contributed by atoms with Gasteiger partial charge in [-0.05, 0) is 60.7 Å². The Morgan fingerprint density at radius 1 is 1.03 bits per heavy atom. The van der Waals surface area contributed by atoms with Crippen LogP contribution < -0.4 is 20.0 Å². The summed E-state index contributed by atoms with van der Waals surface area (Å²) in [5.74, 6) is 2.17. The number of furan rings is 1. The zero-order chi connectivity index (χ0) is 23.2.